The van der Waals surface area contributed by atoms with Crippen LogP contribution >= 0.6 is 0 Å². The van der Waals surface area contributed by atoms with Crippen molar-refractivity contribution in [3.63, 3.8) is 0 Å². The summed E-state index contributed by atoms with van der Waals surface area (Å²) in [6.07, 6.45) is 0. The van der Waals surface area contributed by atoms with Crippen LogP contribution < -0.4 is 21.7 Å². The number of benzene rings is 6. The first-order valence-corrected chi connectivity index (χ1v) is 17.0. The zero-order chi connectivity index (χ0) is 33.2. The summed E-state index contributed by atoms with van der Waals surface area (Å²) >= 11 is 0. The van der Waals surface area contributed by atoms with Crippen LogP contribution in [-0.4, -0.2) is 48.9 Å². The molecule has 0 aliphatic rings. The van der Waals surface area contributed by atoms with E-state index in [0.717, 1.165) is 6.07 Å². The smallest absolute Gasteiger partial charge is 0.297 e. The number of aromatic amines is 2. The highest BCUT2D eigenvalue weighted by Crippen LogP contribution is 2.35. The Balaban J connectivity index is 1.73. The van der Waals surface area contributed by atoms with Crippen LogP contribution in [0.2, 0.25) is 0 Å². The molecule has 1 heterocycles. The molecule has 7 rings (SSSR count). The Labute approximate surface area is 253 Å². The third-order valence-electron chi connectivity index (χ3n) is 7.76. The Bertz CT molecular complexity index is 3190. The molecule has 0 amide bonds. The first-order chi connectivity index (χ1) is 21.4. The van der Waals surface area contributed by atoms with Gasteiger partial charge in [-0.25, -0.2) is 0 Å². The number of H-pyrrole nitrogens is 2. The fraction of sp³-hybridized carbons (Fsp3) is 0. The highest BCUT2D eigenvalue weighted by Gasteiger charge is 2.37. The van der Waals surface area contributed by atoms with Crippen LogP contribution in [0, 0.1) is 0 Å². The van der Waals surface area contributed by atoms with Crippen LogP contribution in [-0.2, 0) is 30.4 Å². The maximum atomic E-state index is 13.9. The molecule has 6 aromatic carbocycles. The number of nitrogens with one attached hydrogen (secondary N) is 2. The van der Waals surface area contributed by atoms with Gasteiger partial charge in [0.2, 0.25) is 0 Å². The van der Waals surface area contributed by atoms with Crippen LogP contribution in [0.5, 0.6) is 0 Å². The summed E-state index contributed by atoms with van der Waals surface area (Å²) < 4.78 is 103. The molecule has 0 radical (unpaired) electrons. The van der Waals surface area contributed by atoms with E-state index in [1.54, 1.807) is 12.1 Å². The second kappa shape index (κ2) is 9.22. The Morgan fingerprint density at radius 3 is 1.37 bits per heavy atom. The molecule has 0 unspecified atom stereocenters. The Morgan fingerprint density at radius 1 is 0.457 bits per heavy atom. The van der Waals surface area contributed by atoms with Gasteiger partial charge in [-0.05, 0) is 30.3 Å². The molecular weight excluding hydrogens is 669 g/mol. The van der Waals surface area contributed by atoms with E-state index in [1.807, 2.05) is 0 Å². The van der Waals surface area contributed by atoms with Crippen molar-refractivity contribution in [1.82, 2.24) is 9.97 Å². The molecule has 0 aliphatic heterocycles. The van der Waals surface area contributed by atoms with Crippen LogP contribution in [0.15, 0.2) is 88.5 Å². The van der Waals surface area contributed by atoms with E-state index in [0.29, 0.717) is 0 Å². The minimum Gasteiger partial charge on any atom is -0.351 e. The van der Waals surface area contributed by atoms with Crippen molar-refractivity contribution < 1.29 is 38.9 Å². The van der Waals surface area contributed by atoms with E-state index in [-0.39, 0.29) is 49.7 Å². The molecule has 0 fully saturated rings. The van der Waals surface area contributed by atoms with E-state index >= 15 is 0 Å². The Hall–Kier alpha value is -5.11. The summed E-state index contributed by atoms with van der Waals surface area (Å²) in [5, 5.41) is -2.76. The molecule has 5 N–H and O–H groups in total. The largest absolute Gasteiger partial charge is 0.351 e. The molecule has 0 spiro atoms. The lowest BCUT2D eigenvalue weighted by Crippen LogP contribution is -2.22. The minimum absolute atomic E-state index is 0.0261. The van der Waals surface area contributed by atoms with Gasteiger partial charge in [-0.1, -0.05) is 24.3 Å². The molecule has 46 heavy (non-hydrogen) atoms. The molecule has 0 bridgehead atoms. The molecular formula is C28H14N2O13S3. The lowest BCUT2D eigenvalue weighted by atomic mass is 9.99. The fourth-order valence-corrected chi connectivity index (χ4v) is 9.31. The van der Waals surface area contributed by atoms with Crippen LogP contribution in [0.25, 0.3) is 65.2 Å². The van der Waals surface area contributed by atoms with Crippen molar-refractivity contribution >= 4 is 95.5 Å². The van der Waals surface area contributed by atoms with Crippen molar-refractivity contribution in [2.24, 2.45) is 0 Å². The monoisotopic (exact) mass is 682 g/mol. The molecule has 15 nitrogen and oxygen atoms in total. The number of aromatic nitrogens is 2. The predicted molar refractivity (Wildman–Crippen MR) is 166 cm³/mol. The Kier molecular flexibility index (Phi) is 5.93. The third-order valence-corrected chi connectivity index (χ3v) is 10.8. The van der Waals surface area contributed by atoms with Gasteiger partial charge in [-0.3, -0.25) is 32.8 Å². The number of hydrogen-bond donors (Lipinski definition) is 5. The highest BCUT2D eigenvalue weighted by molar-refractivity contribution is 7.90. The molecule has 0 saturated carbocycles. The van der Waals surface area contributed by atoms with Crippen LogP contribution in [0.1, 0.15) is 0 Å². The summed E-state index contributed by atoms with van der Waals surface area (Å²) in [5.74, 6) is 0. The summed E-state index contributed by atoms with van der Waals surface area (Å²) in [4.78, 5) is 54.5. The number of rotatable bonds is 3. The van der Waals surface area contributed by atoms with E-state index in [2.05, 4.69) is 9.97 Å². The average Bonchev–Trinajstić information content (AvgIpc) is 2.98. The summed E-state index contributed by atoms with van der Waals surface area (Å²) in [6, 6.07) is 11.5. The van der Waals surface area contributed by atoms with Crippen molar-refractivity contribution in [3.8, 4) is 0 Å². The summed E-state index contributed by atoms with van der Waals surface area (Å²) in [5.41, 5.74) is -3.16. The summed E-state index contributed by atoms with van der Waals surface area (Å²) in [7, 11) is -17.5. The van der Waals surface area contributed by atoms with E-state index in [4.69, 9.17) is 0 Å². The maximum absolute atomic E-state index is 13.9. The van der Waals surface area contributed by atoms with Gasteiger partial charge in [0.25, 0.3) is 30.4 Å². The van der Waals surface area contributed by atoms with Crippen molar-refractivity contribution in [1.29, 1.82) is 0 Å². The lowest BCUT2D eigenvalue weighted by molar-refractivity contribution is 0.457. The van der Waals surface area contributed by atoms with Gasteiger partial charge in [-0.2, -0.15) is 25.3 Å². The maximum Gasteiger partial charge on any atom is 0.297 e. The van der Waals surface area contributed by atoms with E-state index in [1.165, 1.54) is 30.3 Å². The van der Waals surface area contributed by atoms with Crippen molar-refractivity contribution in [2.45, 2.75) is 14.7 Å². The number of hydrogen-bond acceptors (Lipinski definition) is 10. The average molecular weight is 683 g/mol. The van der Waals surface area contributed by atoms with Gasteiger partial charge in [-0.15, -0.1) is 0 Å². The lowest BCUT2D eigenvalue weighted by Gasteiger charge is -2.14. The molecule has 0 aliphatic carbocycles. The predicted octanol–water partition coefficient (Wildman–Crippen LogP) is 1.88. The SMILES string of the molecule is O=c1c2ccccc2c(=O)c2c1ccc1[nH]c3c(ccc4c(=O)c5c(S(=O)(=O)O)c(S(=O)(=O)O)c(S(=O)(=O)O)cc5c(=O)c43)[nH]c12. The molecule has 1 aromatic heterocycles. The van der Waals surface area contributed by atoms with Crippen LogP contribution in [0.4, 0.5) is 0 Å². The van der Waals surface area contributed by atoms with Gasteiger partial charge in [0.05, 0.1) is 38.2 Å². The first-order valence-electron chi connectivity index (χ1n) is 12.7. The fourth-order valence-electron chi connectivity index (χ4n) is 5.92. The molecule has 0 saturated heterocycles. The van der Waals surface area contributed by atoms with Gasteiger partial charge in [0, 0.05) is 26.9 Å². The second-order valence-corrected chi connectivity index (χ2v) is 14.4. The zero-order valence-corrected chi connectivity index (χ0v) is 24.8. The third kappa shape index (κ3) is 4.02. The van der Waals surface area contributed by atoms with E-state index in [9.17, 15) is 58.1 Å². The van der Waals surface area contributed by atoms with Crippen molar-refractivity contribution in [2.75, 3.05) is 0 Å². The topological polar surface area (TPSA) is 263 Å². The first kappa shape index (κ1) is 29.6. The van der Waals surface area contributed by atoms with Gasteiger partial charge in [0.15, 0.2) is 21.7 Å². The normalized spacial score (nSPS) is 13.1. The van der Waals surface area contributed by atoms with Crippen LogP contribution in [0.3, 0.4) is 0 Å². The molecule has 232 valence electrons. The van der Waals surface area contributed by atoms with E-state index < -0.39 is 88.3 Å². The quantitative estimate of drug-likeness (QED) is 0.101. The summed E-state index contributed by atoms with van der Waals surface area (Å²) in [6.45, 7) is 0. The van der Waals surface area contributed by atoms with Crippen molar-refractivity contribution in [3.05, 3.63) is 95.5 Å². The zero-order valence-electron chi connectivity index (χ0n) is 22.3. The molecule has 7 aromatic rings. The number of fused-ring (bicyclic) bond motifs is 8. The van der Waals surface area contributed by atoms with Gasteiger partial charge < -0.3 is 9.97 Å². The van der Waals surface area contributed by atoms with Gasteiger partial charge >= 0.3 is 0 Å². The highest BCUT2D eigenvalue weighted by atomic mass is 32.2. The van der Waals surface area contributed by atoms with Gasteiger partial charge in [0.1, 0.15) is 14.7 Å². The second-order valence-electron chi connectivity index (χ2n) is 10.3. The Morgan fingerprint density at radius 2 is 0.891 bits per heavy atom. The molecule has 0 atom stereocenters. The minimum atomic E-state index is -5.88. The standard InChI is InChI=1S/C28H14N2O13S3/c31-23-10-3-1-2-4-11(10)24(32)18-12(23)5-7-15-21(18)29-16-8-6-13-19(22(16)30-15)26(34)14-9-17(44(35,36)37)27(45(38,39)40)28(46(41,42)43)20(14)25(13)33/h1-9,29-30H,(H,35,36,37)(H,38,39,40)(H,41,42,43). The molecule has 18 heteroatoms.